The summed E-state index contributed by atoms with van der Waals surface area (Å²) in [6, 6.07) is 0.664. The van der Waals surface area contributed by atoms with Gasteiger partial charge in [-0.25, -0.2) is 0 Å². The minimum Gasteiger partial charge on any atom is -0.360 e. The van der Waals surface area contributed by atoms with Crippen LogP contribution in [0.4, 0.5) is 0 Å². The first kappa shape index (κ1) is 14.9. The van der Waals surface area contributed by atoms with Crippen molar-refractivity contribution in [2.75, 3.05) is 19.8 Å². The molecule has 0 aromatic heterocycles. The average molecular weight is 286 g/mol. The molecule has 0 saturated carbocycles. The zero-order valence-electron chi connectivity index (χ0n) is 14.1. The molecule has 0 N–H and O–H groups in total. The summed E-state index contributed by atoms with van der Waals surface area (Å²) in [5, 5.41) is 0. The quantitative estimate of drug-likeness (QED) is 0.703. The van der Waals surface area contributed by atoms with Gasteiger partial charge >= 0.3 is 0 Å². The summed E-state index contributed by atoms with van der Waals surface area (Å²) in [5.41, 5.74) is 4.57. The highest BCUT2D eigenvalue weighted by Gasteiger charge is 2.30. The van der Waals surface area contributed by atoms with E-state index < -0.39 is 0 Å². The van der Waals surface area contributed by atoms with Crippen LogP contribution in [-0.4, -0.2) is 35.6 Å². The van der Waals surface area contributed by atoms with Crippen LogP contribution >= 0.6 is 0 Å². The molecule has 2 aliphatic carbocycles. The molecule has 3 aliphatic rings. The molecule has 116 valence electrons. The second-order valence-electron chi connectivity index (χ2n) is 7.57. The lowest BCUT2D eigenvalue weighted by atomic mass is 9.87. The van der Waals surface area contributed by atoms with E-state index in [2.05, 4.69) is 55.7 Å². The lowest BCUT2D eigenvalue weighted by molar-refractivity contribution is 0.204. The summed E-state index contributed by atoms with van der Waals surface area (Å²) in [6.07, 6.45) is 11.1. The van der Waals surface area contributed by atoms with Gasteiger partial charge in [0.15, 0.2) is 0 Å². The first-order valence-corrected chi connectivity index (χ1v) is 8.56. The molecule has 2 nitrogen and oxygen atoms in total. The zero-order chi connectivity index (χ0) is 15.0. The van der Waals surface area contributed by atoms with Crippen molar-refractivity contribution in [3.8, 4) is 0 Å². The molecule has 3 rings (SSSR count). The maximum absolute atomic E-state index is 2.68. The van der Waals surface area contributed by atoms with Gasteiger partial charge in [0.1, 0.15) is 0 Å². The molecule has 0 aromatic carbocycles. The third-order valence-corrected chi connectivity index (χ3v) is 5.15. The maximum atomic E-state index is 2.68. The van der Waals surface area contributed by atoms with Gasteiger partial charge in [-0.2, -0.15) is 0 Å². The van der Waals surface area contributed by atoms with Gasteiger partial charge in [0, 0.05) is 24.8 Å². The van der Waals surface area contributed by atoms with Crippen LogP contribution in [-0.2, 0) is 0 Å². The summed E-state index contributed by atoms with van der Waals surface area (Å²) >= 11 is 0. The number of allylic oxidation sites excluding steroid dienone is 5. The van der Waals surface area contributed by atoms with Crippen LogP contribution in [0.3, 0.4) is 0 Å². The summed E-state index contributed by atoms with van der Waals surface area (Å²) in [4.78, 5) is 5.29. The van der Waals surface area contributed by atoms with Crippen molar-refractivity contribution in [2.24, 2.45) is 11.8 Å². The van der Waals surface area contributed by atoms with E-state index in [-0.39, 0.29) is 0 Å². The molecule has 0 unspecified atom stereocenters. The summed E-state index contributed by atoms with van der Waals surface area (Å²) in [7, 11) is 0. The smallest absolute Gasteiger partial charge is 0.0710 e. The van der Waals surface area contributed by atoms with Gasteiger partial charge in [0.2, 0.25) is 0 Å². The molecule has 1 fully saturated rings. The van der Waals surface area contributed by atoms with Gasteiger partial charge in [-0.15, -0.1) is 0 Å². The van der Waals surface area contributed by atoms with Crippen LogP contribution in [0.1, 0.15) is 47.0 Å². The molecule has 1 saturated heterocycles. The standard InChI is InChI=1S/C19H30N2/c1-14-7-15(2)10-18(9-14)20-5-6-21(13-20)19-11-16(3)8-17(4)12-19/h7,9,11,15,17,19H,5-6,8,10,12-13H2,1-4H3/t15-,17+,19-/m0/s1. The molecule has 1 heterocycles. The molecule has 21 heavy (non-hydrogen) atoms. The average Bonchev–Trinajstić information content (AvgIpc) is 2.85. The van der Waals surface area contributed by atoms with Crippen LogP contribution < -0.4 is 0 Å². The van der Waals surface area contributed by atoms with E-state index in [0.717, 1.165) is 12.6 Å². The minimum absolute atomic E-state index is 0.664. The van der Waals surface area contributed by atoms with Crippen molar-refractivity contribution in [3.63, 3.8) is 0 Å². The Labute approximate surface area is 130 Å². The Morgan fingerprint density at radius 1 is 1.05 bits per heavy atom. The molecule has 0 spiro atoms. The van der Waals surface area contributed by atoms with Crippen molar-refractivity contribution < 1.29 is 0 Å². The summed E-state index contributed by atoms with van der Waals surface area (Å²) in [5.74, 6) is 1.53. The number of rotatable bonds is 2. The van der Waals surface area contributed by atoms with E-state index >= 15 is 0 Å². The predicted octanol–water partition coefficient (Wildman–Crippen LogP) is 4.18. The van der Waals surface area contributed by atoms with Gasteiger partial charge in [0.05, 0.1) is 6.67 Å². The van der Waals surface area contributed by atoms with Gasteiger partial charge in [-0.1, -0.05) is 37.1 Å². The number of nitrogens with zero attached hydrogens (tertiary/aromatic N) is 2. The van der Waals surface area contributed by atoms with Crippen LogP contribution in [0.2, 0.25) is 0 Å². The van der Waals surface area contributed by atoms with Crippen LogP contribution in [0.5, 0.6) is 0 Å². The largest absolute Gasteiger partial charge is 0.360 e. The van der Waals surface area contributed by atoms with Gasteiger partial charge < -0.3 is 4.90 Å². The first-order valence-electron chi connectivity index (χ1n) is 8.56. The van der Waals surface area contributed by atoms with E-state index in [0.29, 0.717) is 12.0 Å². The van der Waals surface area contributed by atoms with Gasteiger partial charge in [0.25, 0.3) is 0 Å². The topological polar surface area (TPSA) is 6.48 Å². The van der Waals surface area contributed by atoms with Crippen molar-refractivity contribution in [2.45, 2.75) is 53.0 Å². The third-order valence-electron chi connectivity index (χ3n) is 5.15. The Bertz CT molecular complexity index is 486. The molecule has 2 heteroatoms. The van der Waals surface area contributed by atoms with Gasteiger partial charge in [-0.05, 0) is 51.0 Å². The van der Waals surface area contributed by atoms with E-state index in [1.54, 1.807) is 11.3 Å². The highest BCUT2D eigenvalue weighted by molar-refractivity contribution is 5.27. The number of hydrogen-bond donors (Lipinski definition) is 0. The molecule has 3 atom stereocenters. The first-order chi connectivity index (χ1) is 10.0. The predicted molar refractivity (Wildman–Crippen MR) is 89.8 cm³/mol. The summed E-state index contributed by atoms with van der Waals surface area (Å²) < 4.78 is 0. The fraction of sp³-hybridized carbons (Fsp3) is 0.684. The van der Waals surface area contributed by atoms with E-state index in [4.69, 9.17) is 0 Å². The zero-order valence-corrected chi connectivity index (χ0v) is 14.1. The highest BCUT2D eigenvalue weighted by atomic mass is 15.4. The summed E-state index contributed by atoms with van der Waals surface area (Å²) in [6.45, 7) is 12.8. The maximum Gasteiger partial charge on any atom is 0.0710 e. The second-order valence-corrected chi connectivity index (χ2v) is 7.57. The molecule has 0 amide bonds. The second kappa shape index (κ2) is 6.00. The van der Waals surface area contributed by atoms with Gasteiger partial charge in [-0.3, -0.25) is 4.90 Å². The fourth-order valence-electron chi connectivity index (χ4n) is 4.31. The monoisotopic (exact) mass is 286 g/mol. The number of hydrogen-bond acceptors (Lipinski definition) is 2. The Kier molecular flexibility index (Phi) is 4.26. The van der Waals surface area contributed by atoms with E-state index in [1.807, 2.05) is 0 Å². The van der Waals surface area contributed by atoms with Crippen molar-refractivity contribution in [1.29, 1.82) is 0 Å². The normalized spacial score (nSPS) is 34.6. The van der Waals surface area contributed by atoms with Crippen LogP contribution in [0.25, 0.3) is 0 Å². The molecule has 0 radical (unpaired) electrons. The van der Waals surface area contributed by atoms with Crippen LogP contribution in [0, 0.1) is 11.8 Å². The molecular weight excluding hydrogens is 256 g/mol. The van der Waals surface area contributed by atoms with Crippen molar-refractivity contribution in [1.82, 2.24) is 9.80 Å². The Morgan fingerprint density at radius 3 is 2.57 bits per heavy atom. The van der Waals surface area contributed by atoms with Crippen molar-refractivity contribution in [3.05, 3.63) is 35.1 Å². The molecule has 0 bridgehead atoms. The Balaban J connectivity index is 1.66. The lowest BCUT2D eigenvalue weighted by Gasteiger charge is -2.33. The van der Waals surface area contributed by atoms with Crippen LogP contribution in [0.15, 0.2) is 35.1 Å². The molecular formula is C19H30N2. The lowest BCUT2D eigenvalue weighted by Crippen LogP contribution is -2.36. The van der Waals surface area contributed by atoms with E-state index in [9.17, 15) is 0 Å². The molecule has 0 aromatic rings. The Morgan fingerprint density at radius 2 is 1.86 bits per heavy atom. The van der Waals surface area contributed by atoms with E-state index in [1.165, 1.54) is 37.9 Å². The minimum atomic E-state index is 0.664. The third kappa shape index (κ3) is 3.42. The molecule has 1 aliphatic heterocycles. The van der Waals surface area contributed by atoms with Crippen molar-refractivity contribution >= 4 is 0 Å². The fourth-order valence-corrected chi connectivity index (χ4v) is 4.31. The highest BCUT2D eigenvalue weighted by Crippen LogP contribution is 2.31. The SMILES string of the molecule is CC1=C[C@H](C)CC(N2CCN([C@H]3C=C(C)C[C@@H](C)C3)C2)=C1. The Hall–Kier alpha value is -1.02.